The number of nitrogens with one attached hydrogen (secondary N) is 1. The van der Waals surface area contributed by atoms with Crippen molar-refractivity contribution in [1.29, 1.82) is 0 Å². The van der Waals surface area contributed by atoms with E-state index in [9.17, 15) is 9.50 Å². The van der Waals surface area contributed by atoms with E-state index in [2.05, 4.69) is 21.2 Å². The number of ether oxygens (including phenoxy) is 1. The summed E-state index contributed by atoms with van der Waals surface area (Å²) in [6, 6.07) is 4.95. The fraction of sp³-hybridized carbons (Fsp3) is 0.571. The minimum atomic E-state index is -0.818. The number of halogens is 2. The average molecular weight is 334 g/mol. The molecule has 1 aromatic rings. The van der Waals surface area contributed by atoms with Crippen LogP contribution in [0.25, 0.3) is 0 Å². The largest absolute Gasteiger partial charge is 0.389 e. The molecule has 0 fully saturated rings. The van der Waals surface area contributed by atoms with Crippen LogP contribution in [0, 0.1) is 5.82 Å². The number of hydrogen-bond acceptors (Lipinski definition) is 3. The van der Waals surface area contributed by atoms with Crippen LogP contribution in [0.4, 0.5) is 4.39 Å². The molecule has 0 saturated carbocycles. The molecule has 0 aromatic heterocycles. The Morgan fingerprint density at radius 1 is 1.53 bits per heavy atom. The minimum absolute atomic E-state index is 0.0333. The van der Waals surface area contributed by atoms with E-state index in [1.165, 1.54) is 6.07 Å². The zero-order chi connectivity index (χ0) is 14.5. The number of aliphatic hydroxyl groups is 1. The van der Waals surface area contributed by atoms with Crippen LogP contribution in [-0.2, 0) is 4.74 Å². The van der Waals surface area contributed by atoms with Crippen molar-refractivity contribution in [2.24, 2.45) is 0 Å². The molecule has 0 aliphatic rings. The molecule has 2 atom stereocenters. The van der Waals surface area contributed by atoms with Gasteiger partial charge in [-0.2, -0.15) is 0 Å². The van der Waals surface area contributed by atoms with E-state index in [-0.39, 0.29) is 11.9 Å². The first-order valence-corrected chi connectivity index (χ1v) is 7.04. The summed E-state index contributed by atoms with van der Waals surface area (Å²) >= 11 is 3.17. The lowest BCUT2D eigenvalue weighted by atomic mass is 10.0. The molecule has 0 saturated heterocycles. The fourth-order valence-corrected chi connectivity index (χ4v) is 2.08. The maximum Gasteiger partial charge on any atom is 0.137 e. The number of rotatable bonds is 7. The van der Waals surface area contributed by atoms with Crippen LogP contribution in [0.2, 0.25) is 0 Å². The zero-order valence-corrected chi connectivity index (χ0v) is 13.1. The summed E-state index contributed by atoms with van der Waals surface area (Å²) in [6.07, 6.45) is 0.566. The van der Waals surface area contributed by atoms with Crippen molar-refractivity contribution < 1.29 is 14.2 Å². The SMILES string of the molecule is COCCC(C)(O)CNC(C)c1ccc(F)c(Br)c1. The Morgan fingerprint density at radius 3 is 2.79 bits per heavy atom. The predicted octanol–water partition coefficient (Wildman–Crippen LogP) is 3.03. The van der Waals surface area contributed by atoms with Gasteiger partial charge in [-0.1, -0.05) is 6.07 Å². The molecule has 19 heavy (non-hydrogen) atoms. The predicted molar refractivity (Wildman–Crippen MR) is 77.6 cm³/mol. The summed E-state index contributed by atoms with van der Waals surface area (Å²) in [5, 5.41) is 13.4. The van der Waals surface area contributed by atoms with Crippen molar-refractivity contribution in [3.05, 3.63) is 34.1 Å². The summed E-state index contributed by atoms with van der Waals surface area (Å²) in [5.74, 6) is -0.275. The molecule has 5 heteroatoms. The van der Waals surface area contributed by atoms with Crippen molar-refractivity contribution in [1.82, 2.24) is 5.32 Å². The van der Waals surface area contributed by atoms with Gasteiger partial charge in [0.15, 0.2) is 0 Å². The van der Waals surface area contributed by atoms with Crippen molar-refractivity contribution in [3.63, 3.8) is 0 Å². The first kappa shape index (κ1) is 16.6. The summed E-state index contributed by atoms with van der Waals surface area (Å²) in [7, 11) is 1.61. The monoisotopic (exact) mass is 333 g/mol. The van der Waals surface area contributed by atoms with Gasteiger partial charge in [-0.3, -0.25) is 0 Å². The molecule has 0 heterocycles. The topological polar surface area (TPSA) is 41.5 Å². The third-order valence-corrected chi connectivity index (χ3v) is 3.69. The van der Waals surface area contributed by atoms with E-state index in [1.807, 2.05) is 6.92 Å². The molecule has 0 aliphatic heterocycles. The van der Waals surface area contributed by atoms with Gasteiger partial charge in [0.1, 0.15) is 5.82 Å². The lowest BCUT2D eigenvalue weighted by Crippen LogP contribution is -2.39. The first-order valence-electron chi connectivity index (χ1n) is 6.25. The van der Waals surface area contributed by atoms with E-state index in [0.29, 0.717) is 24.0 Å². The van der Waals surface area contributed by atoms with Gasteiger partial charge in [-0.05, 0) is 47.5 Å². The van der Waals surface area contributed by atoms with Crippen LogP contribution in [0.15, 0.2) is 22.7 Å². The van der Waals surface area contributed by atoms with Gasteiger partial charge in [0.05, 0.1) is 10.1 Å². The Bertz CT molecular complexity index is 412. The van der Waals surface area contributed by atoms with E-state index >= 15 is 0 Å². The van der Waals surface area contributed by atoms with Crippen molar-refractivity contribution in [2.75, 3.05) is 20.3 Å². The highest BCUT2D eigenvalue weighted by atomic mass is 79.9. The molecule has 1 aromatic carbocycles. The van der Waals surface area contributed by atoms with Gasteiger partial charge in [-0.25, -0.2) is 4.39 Å². The zero-order valence-electron chi connectivity index (χ0n) is 11.5. The number of benzene rings is 1. The summed E-state index contributed by atoms with van der Waals surface area (Å²) in [5.41, 5.74) is 0.150. The lowest BCUT2D eigenvalue weighted by Gasteiger charge is -2.26. The number of methoxy groups -OCH3 is 1. The Labute approximate surface area is 122 Å². The Morgan fingerprint density at radius 2 is 2.21 bits per heavy atom. The van der Waals surface area contributed by atoms with Gasteiger partial charge < -0.3 is 15.2 Å². The molecular formula is C14H21BrFNO2. The second kappa shape index (κ2) is 7.33. The highest BCUT2D eigenvalue weighted by Gasteiger charge is 2.21. The molecule has 108 valence electrons. The molecule has 0 bridgehead atoms. The number of hydrogen-bond donors (Lipinski definition) is 2. The maximum absolute atomic E-state index is 13.2. The summed E-state index contributed by atoms with van der Waals surface area (Å²) in [4.78, 5) is 0. The quantitative estimate of drug-likeness (QED) is 0.805. The van der Waals surface area contributed by atoms with Crippen LogP contribution < -0.4 is 5.32 Å². The Hall–Kier alpha value is -0.490. The van der Waals surface area contributed by atoms with Crippen LogP contribution in [-0.4, -0.2) is 31.0 Å². The van der Waals surface area contributed by atoms with Gasteiger partial charge >= 0.3 is 0 Å². The van der Waals surface area contributed by atoms with Gasteiger partial charge in [-0.15, -0.1) is 0 Å². The molecule has 0 radical (unpaired) electrons. The van der Waals surface area contributed by atoms with Crippen LogP contribution in [0.5, 0.6) is 0 Å². The normalized spacial score (nSPS) is 16.1. The van der Waals surface area contributed by atoms with Crippen molar-refractivity contribution in [3.8, 4) is 0 Å². The molecule has 0 spiro atoms. The lowest BCUT2D eigenvalue weighted by molar-refractivity contribution is 0.0231. The van der Waals surface area contributed by atoms with E-state index < -0.39 is 5.60 Å². The van der Waals surface area contributed by atoms with E-state index in [0.717, 1.165) is 5.56 Å². The highest BCUT2D eigenvalue weighted by molar-refractivity contribution is 9.10. The molecule has 0 aliphatic carbocycles. The van der Waals surface area contributed by atoms with Crippen LogP contribution >= 0.6 is 15.9 Å². The summed E-state index contributed by atoms with van der Waals surface area (Å²) in [6.45, 7) is 4.72. The third kappa shape index (κ3) is 5.57. The second-order valence-electron chi connectivity index (χ2n) is 5.02. The summed E-state index contributed by atoms with van der Waals surface area (Å²) < 4.78 is 18.6. The third-order valence-electron chi connectivity index (χ3n) is 3.08. The molecule has 1 rings (SSSR count). The Balaban J connectivity index is 2.54. The Kier molecular flexibility index (Phi) is 6.39. The first-order chi connectivity index (χ1) is 8.85. The molecular weight excluding hydrogens is 313 g/mol. The molecule has 2 unspecified atom stereocenters. The highest BCUT2D eigenvalue weighted by Crippen LogP contribution is 2.21. The van der Waals surface area contributed by atoms with E-state index in [1.54, 1.807) is 26.2 Å². The van der Waals surface area contributed by atoms with Gasteiger partial charge in [0.2, 0.25) is 0 Å². The fourth-order valence-electron chi connectivity index (χ4n) is 1.68. The minimum Gasteiger partial charge on any atom is -0.389 e. The molecule has 0 amide bonds. The van der Waals surface area contributed by atoms with Crippen molar-refractivity contribution >= 4 is 15.9 Å². The van der Waals surface area contributed by atoms with Crippen LogP contribution in [0.1, 0.15) is 31.9 Å². The maximum atomic E-state index is 13.2. The van der Waals surface area contributed by atoms with E-state index in [4.69, 9.17) is 4.74 Å². The van der Waals surface area contributed by atoms with Gasteiger partial charge in [0, 0.05) is 32.7 Å². The smallest absolute Gasteiger partial charge is 0.137 e. The standard InChI is InChI=1S/C14H21BrFNO2/c1-10(11-4-5-13(16)12(15)8-11)17-9-14(2,18)6-7-19-3/h4-5,8,10,17-18H,6-7,9H2,1-3H3. The van der Waals surface area contributed by atoms with Crippen molar-refractivity contribution in [2.45, 2.75) is 31.9 Å². The average Bonchev–Trinajstić information content (AvgIpc) is 2.37. The molecule has 2 N–H and O–H groups in total. The van der Waals surface area contributed by atoms with Crippen LogP contribution in [0.3, 0.4) is 0 Å². The molecule has 3 nitrogen and oxygen atoms in total. The van der Waals surface area contributed by atoms with Gasteiger partial charge in [0.25, 0.3) is 0 Å². The second-order valence-corrected chi connectivity index (χ2v) is 5.87.